The van der Waals surface area contributed by atoms with Crippen LogP contribution in [0.3, 0.4) is 0 Å². The fourth-order valence-corrected chi connectivity index (χ4v) is 3.16. The van der Waals surface area contributed by atoms with E-state index in [2.05, 4.69) is 5.43 Å². The van der Waals surface area contributed by atoms with Crippen LogP contribution in [-0.4, -0.2) is 34.7 Å². The van der Waals surface area contributed by atoms with E-state index in [9.17, 15) is 32.3 Å². The fourth-order valence-electron chi connectivity index (χ4n) is 3.16. The molecule has 0 aliphatic carbocycles. The molecule has 1 aliphatic rings. The molecule has 1 aliphatic heterocycles. The van der Waals surface area contributed by atoms with Gasteiger partial charge in [-0.2, -0.15) is 13.2 Å². The number of rotatable bonds is 4. The number of carbonyl (C=O) groups is 4. The number of benzene rings is 2. The number of hydrazine groups is 1. The Morgan fingerprint density at radius 3 is 2.39 bits per heavy atom. The van der Waals surface area contributed by atoms with Crippen molar-refractivity contribution in [2.75, 3.05) is 4.90 Å². The second kappa shape index (κ2) is 8.58. The minimum absolute atomic E-state index is 0.0728. The molecule has 3 rings (SSSR count). The second-order valence-corrected chi connectivity index (χ2v) is 6.76. The molecule has 1 saturated heterocycles. The molecule has 7 nitrogen and oxygen atoms in total. The SMILES string of the molecule is CCC(=O)N(NC(=O)c1ccccc1)[C@H]1CC(=O)N(c2cccc(C(F)(F)F)c2)C1=O. The van der Waals surface area contributed by atoms with Gasteiger partial charge in [0, 0.05) is 12.0 Å². The summed E-state index contributed by atoms with van der Waals surface area (Å²) < 4.78 is 39.1. The zero-order valence-electron chi connectivity index (χ0n) is 16.3. The maximum Gasteiger partial charge on any atom is 0.416 e. The zero-order valence-corrected chi connectivity index (χ0v) is 16.3. The third kappa shape index (κ3) is 4.57. The van der Waals surface area contributed by atoms with Gasteiger partial charge in [-0.15, -0.1) is 0 Å². The average molecular weight is 433 g/mol. The van der Waals surface area contributed by atoms with Gasteiger partial charge in [-0.3, -0.25) is 24.6 Å². The van der Waals surface area contributed by atoms with E-state index in [1.807, 2.05) is 0 Å². The van der Waals surface area contributed by atoms with Gasteiger partial charge >= 0.3 is 6.18 Å². The molecular weight excluding hydrogens is 415 g/mol. The Balaban J connectivity index is 1.89. The smallest absolute Gasteiger partial charge is 0.274 e. The summed E-state index contributed by atoms with van der Waals surface area (Å²) in [5.74, 6) is -2.97. The van der Waals surface area contributed by atoms with Crippen molar-refractivity contribution in [1.82, 2.24) is 10.4 Å². The van der Waals surface area contributed by atoms with Gasteiger partial charge in [-0.05, 0) is 30.3 Å². The van der Waals surface area contributed by atoms with Crippen molar-refractivity contribution in [1.29, 1.82) is 0 Å². The van der Waals surface area contributed by atoms with Crippen LogP contribution in [0.1, 0.15) is 35.7 Å². The Hall–Kier alpha value is -3.69. The van der Waals surface area contributed by atoms with Gasteiger partial charge in [0.05, 0.1) is 17.7 Å². The van der Waals surface area contributed by atoms with E-state index >= 15 is 0 Å². The first-order valence-electron chi connectivity index (χ1n) is 9.35. The first-order valence-corrected chi connectivity index (χ1v) is 9.35. The molecule has 1 fully saturated rings. The van der Waals surface area contributed by atoms with Gasteiger partial charge in [0.2, 0.25) is 11.8 Å². The monoisotopic (exact) mass is 433 g/mol. The van der Waals surface area contributed by atoms with Crippen molar-refractivity contribution in [3.63, 3.8) is 0 Å². The zero-order chi connectivity index (χ0) is 22.8. The molecule has 162 valence electrons. The first-order chi connectivity index (χ1) is 14.6. The lowest BCUT2D eigenvalue weighted by Crippen LogP contribution is -2.54. The topological polar surface area (TPSA) is 86.8 Å². The van der Waals surface area contributed by atoms with Gasteiger partial charge in [0.1, 0.15) is 6.04 Å². The van der Waals surface area contributed by atoms with Crippen LogP contribution in [0.4, 0.5) is 18.9 Å². The normalized spacial score (nSPS) is 16.4. The Kier molecular flexibility index (Phi) is 6.09. The van der Waals surface area contributed by atoms with Crippen molar-refractivity contribution in [2.45, 2.75) is 32.0 Å². The van der Waals surface area contributed by atoms with Gasteiger partial charge in [0.15, 0.2) is 0 Å². The highest BCUT2D eigenvalue weighted by molar-refractivity contribution is 6.23. The lowest BCUT2D eigenvalue weighted by Gasteiger charge is -2.27. The highest BCUT2D eigenvalue weighted by atomic mass is 19.4. The summed E-state index contributed by atoms with van der Waals surface area (Å²) in [6.07, 6.45) is -5.21. The Morgan fingerprint density at radius 2 is 1.77 bits per heavy atom. The second-order valence-electron chi connectivity index (χ2n) is 6.76. The lowest BCUT2D eigenvalue weighted by atomic mass is 10.2. The molecule has 31 heavy (non-hydrogen) atoms. The number of imide groups is 1. The van der Waals surface area contributed by atoms with E-state index in [-0.39, 0.29) is 17.7 Å². The van der Waals surface area contributed by atoms with Gasteiger partial charge < -0.3 is 0 Å². The number of hydrogen-bond acceptors (Lipinski definition) is 4. The lowest BCUT2D eigenvalue weighted by molar-refractivity contribution is -0.140. The number of amides is 4. The van der Waals surface area contributed by atoms with Crippen LogP contribution in [0.15, 0.2) is 54.6 Å². The summed E-state index contributed by atoms with van der Waals surface area (Å²) in [6.45, 7) is 1.51. The summed E-state index contributed by atoms with van der Waals surface area (Å²) in [4.78, 5) is 51.0. The highest BCUT2D eigenvalue weighted by Gasteiger charge is 2.45. The van der Waals surface area contributed by atoms with Crippen molar-refractivity contribution >= 4 is 29.3 Å². The van der Waals surface area contributed by atoms with Crippen LogP contribution in [-0.2, 0) is 20.6 Å². The Morgan fingerprint density at radius 1 is 1.10 bits per heavy atom. The standard InChI is InChI=1S/C21H18F3N3O4/c1-2-17(28)27(25-19(30)13-7-4-3-5-8-13)16-12-18(29)26(20(16)31)15-10-6-9-14(11-15)21(22,23)24/h3-11,16H,2,12H2,1H3,(H,25,30)/t16-/m0/s1. The molecule has 4 amide bonds. The number of nitrogens with one attached hydrogen (secondary N) is 1. The predicted octanol–water partition coefficient (Wildman–Crippen LogP) is 2.92. The molecule has 2 aromatic rings. The van der Waals surface area contributed by atoms with Crippen LogP contribution >= 0.6 is 0 Å². The molecule has 0 radical (unpaired) electrons. The molecular formula is C21H18F3N3O4. The molecule has 1 atom stereocenters. The van der Waals surface area contributed by atoms with Crippen molar-refractivity contribution in [3.05, 3.63) is 65.7 Å². The van der Waals surface area contributed by atoms with E-state index in [0.29, 0.717) is 11.0 Å². The summed E-state index contributed by atoms with van der Waals surface area (Å²) in [6, 6.07) is 10.3. The van der Waals surface area contributed by atoms with E-state index in [4.69, 9.17) is 0 Å². The van der Waals surface area contributed by atoms with Gasteiger partial charge in [0.25, 0.3) is 11.8 Å². The minimum Gasteiger partial charge on any atom is -0.274 e. The molecule has 0 saturated carbocycles. The van der Waals surface area contributed by atoms with Crippen LogP contribution in [0.5, 0.6) is 0 Å². The van der Waals surface area contributed by atoms with E-state index in [1.54, 1.807) is 18.2 Å². The third-order valence-electron chi connectivity index (χ3n) is 4.70. The molecule has 2 aromatic carbocycles. The summed E-state index contributed by atoms with van der Waals surface area (Å²) in [5.41, 5.74) is 1.30. The molecule has 0 bridgehead atoms. The molecule has 1 heterocycles. The molecule has 0 spiro atoms. The largest absolute Gasteiger partial charge is 0.416 e. The van der Waals surface area contributed by atoms with Crippen LogP contribution in [0.25, 0.3) is 0 Å². The van der Waals surface area contributed by atoms with E-state index in [1.165, 1.54) is 25.1 Å². The number of anilines is 1. The molecule has 1 N–H and O–H groups in total. The molecule has 0 unspecified atom stereocenters. The van der Waals surface area contributed by atoms with Crippen LogP contribution in [0, 0.1) is 0 Å². The number of halogens is 3. The van der Waals surface area contributed by atoms with Gasteiger partial charge in [-0.1, -0.05) is 31.2 Å². The summed E-state index contributed by atoms with van der Waals surface area (Å²) in [7, 11) is 0. The van der Waals surface area contributed by atoms with Crippen LogP contribution < -0.4 is 10.3 Å². The summed E-state index contributed by atoms with van der Waals surface area (Å²) >= 11 is 0. The third-order valence-corrected chi connectivity index (χ3v) is 4.70. The minimum atomic E-state index is -4.66. The number of nitrogens with zero attached hydrogens (tertiary/aromatic N) is 2. The van der Waals surface area contributed by atoms with E-state index in [0.717, 1.165) is 17.1 Å². The number of hydrogen-bond donors (Lipinski definition) is 1. The van der Waals surface area contributed by atoms with Crippen molar-refractivity contribution in [2.24, 2.45) is 0 Å². The molecule has 10 heteroatoms. The fraction of sp³-hybridized carbons (Fsp3) is 0.238. The predicted molar refractivity (Wildman–Crippen MR) is 103 cm³/mol. The highest BCUT2D eigenvalue weighted by Crippen LogP contribution is 2.33. The summed E-state index contributed by atoms with van der Waals surface area (Å²) in [5, 5.41) is 0.781. The Labute approximate surface area is 175 Å². The quantitative estimate of drug-likeness (QED) is 0.594. The maximum atomic E-state index is 13.0. The van der Waals surface area contributed by atoms with Gasteiger partial charge in [-0.25, -0.2) is 9.91 Å². The number of carbonyl (C=O) groups excluding carboxylic acids is 4. The Bertz CT molecular complexity index is 1020. The number of alkyl halides is 3. The van der Waals surface area contributed by atoms with Crippen LogP contribution in [0.2, 0.25) is 0 Å². The first kappa shape index (κ1) is 22.0. The molecule has 0 aromatic heterocycles. The van der Waals surface area contributed by atoms with Crippen molar-refractivity contribution in [3.8, 4) is 0 Å². The van der Waals surface area contributed by atoms with E-state index < -0.39 is 47.8 Å². The van der Waals surface area contributed by atoms with Crippen molar-refractivity contribution < 1.29 is 32.3 Å². The maximum absolute atomic E-state index is 13.0. The average Bonchev–Trinajstić information content (AvgIpc) is 3.05.